The molecule has 1 aromatic rings. The molecule has 2 atom stereocenters. The van der Waals surface area contributed by atoms with Crippen LogP contribution in [0.25, 0.3) is 0 Å². The number of benzene rings is 1. The van der Waals surface area contributed by atoms with Crippen molar-refractivity contribution in [1.29, 1.82) is 0 Å². The van der Waals surface area contributed by atoms with Gasteiger partial charge in [-0.05, 0) is 36.6 Å². The first-order valence-corrected chi connectivity index (χ1v) is 8.45. The predicted molar refractivity (Wildman–Crippen MR) is 76.2 cm³/mol. The van der Waals surface area contributed by atoms with Crippen molar-refractivity contribution < 1.29 is 13.2 Å². The van der Waals surface area contributed by atoms with E-state index >= 15 is 0 Å². The van der Waals surface area contributed by atoms with Crippen LogP contribution in [-0.4, -0.2) is 33.6 Å². The third-order valence-corrected chi connectivity index (χ3v) is 5.43. The van der Waals surface area contributed by atoms with Crippen LogP contribution in [-0.2, 0) is 9.84 Å². The lowest BCUT2D eigenvalue weighted by molar-refractivity contribution is 0.397. The SMILES string of the molecule is CCNC(c1ccc(OC)cc1)C1CCS(=O)(=O)C1. The van der Waals surface area contributed by atoms with E-state index < -0.39 is 9.84 Å². The topological polar surface area (TPSA) is 55.4 Å². The zero-order valence-corrected chi connectivity index (χ0v) is 12.2. The minimum atomic E-state index is -2.84. The summed E-state index contributed by atoms with van der Waals surface area (Å²) in [6.07, 6.45) is 0.742. The molecule has 5 heteroatoms. The van der Waals surface area contributed by atoms with Gasteiger partial charge in [-0.25, -0.2) is 8.42 Å². The Kier molecular flexibility index (Phi) is 4.47. The molecular formula is C14H21NO3S. The van der Waals surface area contributed by atoms with Gasteiger partial charge in [0.2, 0.25) is 0 Å². The minimum absolute atomic E-state index is 0.105. The van der Waals surface area contributed by atoms with Crippen LogP contribution in [0.1, 0.15) is 24.9 Å². The lowest BCUT2D eigenvalue weighted by Gasteiger charge is -2.24. The quantitative estimate of drug-likeness (QED) is 0.895. The Hall–Kier alpha value is -1.07. The van der Waals surface area contributed by atoms with Gasteiger partial charge in [-0.2, -0.15) is 0 Å². The first kappa shape index (κ1) is 14.3. The molecule has 1 saturated heterocycles. The monoisotopic (exact) mass is 283 g/mol. The molecule has 1 fully saturated rings. The van der Waals surface area contributed by atoms with Gasteiger partial charge in [0.1, 0.15) is 5.75 Å². The number of sulfone groups is 1. The number of rotatable bonds is 5. The Morgan fingerprint density at radius 2 is 2.05 bits per heavy atom. The van der Waals surface area contributed by atoms with Crippen LogP contribution < -0.4 is 10.1 Å². The molecule has 2 unspecified atom stereocenters. The van der Waals surface area contributed by atoms with Crippen molar-refractivity contribution in [3.8, 4) is 5.75 Å². The molecular weight excluding hydrogens is 262 g/mol. The highest BCUT2D eigenvalue weighted by Crippen LogP contribution is 2.32. The standard InChI is InChI=1S/C14H21NO3S/c1-3-15-14(12-8-9-19(16,17)10-12)11-4-6-13(18-2)7-5-11/h4-7,12,14-15H,3,8-10H2,1-2H3. The summed E-state index contributed by atoms with van der Waals surface area (Å²) in [5, 5.41) is 3.41. The Morgan fingerprint density at radius 1 is 1.37 bits per heavy atom. The third kappa shape index (κ3) is 3.48. The molecule has 19 heavy (non-hydrogen) atoms. The van der Waals surface area contributed by atoms with Crippen molar-refractivity contribution in [3.05, 3.63) is 29.8 Å². The molecule has 1 N–H and O–H groups in total. The van der Waals surface area contributed by atoms with E-state index in [4.69, 9.17) is 4.74 Å². The molecule has 0 bridgehead atoms. The van der Waals surface area contributed by atoms with Crippen LogP contribution in [0, 0.1) is 5.92 Å². The molecule has 0 radical (unpaired) electrons. The average Bonchev–Trinajstić information content (AvgIpc) is 2.76. The summed E-state index contributed by atoms with van der Waals surface area (Å²) in [6.45, 7) is 2.87. The van der Waals surface area contributed by atoms with E-state index in [9.17, 15) is 8.42 Å². The smallest absolute Gasteiger partial charge is 0.150 e. The molecule has 0 aliphatic carbocycles. The molecule has 4 nitrogen and oxygen atoms in total. The van der Waals surface area contributed by atoms with Gasteiger partial charge in [0.15, 0.2) is 9.84 Å². The minimum Gasteiger partial charge on any atom is -0.497 e. The second-order valence-corrected chi connectivity index (χ2v) is 7.20. The van der Waals surface area contributed by atoms with E-state index in [1.165, 1.54) is 0 Å². The van der Waals surface area contributed by atoms with E-state index in [-0.39, 0.29) is 17.7 Å². The van der Waals surface area contributed by atoms with Gasteiger partial charge in [-0.1, -0.05) is 19.1 Å². The lowest BCUT2D eigenvalue weighted by Crippen LogP contribution is -2.29. The number of hydrogen-bond acceptors (Lipinski definition) is 4. The molecule has 1 heterocycles. The van der Waals surface area contributed by atoms with E-state index in [2.05, 4.69) is 5.32 Å². The first-order chi connectivity index (χ1) is 9.05. The summed E-state index contributed by atoms with van der Waals surface area (Å²) >= 11 is 0. The van der Waals surface area contributed by atoms with Gasteiger partial charge in [0.25, 0.3) is 0 Å². The molecule has 1 aliphatic rings. The van der Waals surface area contributed by atoms with Gasteiger partial charge in [0.05, 0.1) is 18.6 Å². The van der Waals surface area contributed by atoms with Crippen molar-refractivity contribution in [1.82, 2.24) is 5.32 Å². The van der Waals surface area contributed by atoms with Crippen LogP contribution in [0.3, 0.4) is 0 Å². The number of hydrogen-bond donors (Lipinski definition) is 1. The molecule has 0 saturated carbocycles. The maximum atomic E-state index is 11.6. The molecule has 0 aromatic heterocycles. The van der Waals surface area contributed by atoms with Crippen LogP contribution in [0.2, 0.25) is 0 Å². The fraction of sp³-hybridized carbons (Fsp3) is 0.571. The molecule has 2 rings (SSSR count). The predicted octanol–water partition coefficient (Wildman–Crippen LogP) is 1.78. The Labute approximate surface area is 115 Å². The van der Waals surface area contributed by atoms with Gasteiger partial charge in [-0.3, -0.25) is 0 Å². The summed E-state index contributed by atoms with van der Waals surface area (Å²) in [4.78, 5) is 0. The molecule has 0 spiro atoms. The van der Waals surface area contributed by atoms with Crippen molar-refractivity contribution in [3.63, 3.8) is 0 Å². The largest absolute Gasteiger partial charge is 0.497 e. The van der Waals surface area contributed by atoms with E-state index in [1.54, 1.807) is 7.11 Å². The van der Waals surface area contributed by atoms with Crippen molar-refractivity contribution >= 4 is 9.84 Å². The fourth-order valence-electron chi connectivity index (χ4n) is 2.67. The second kappa shape index (κ2) is 5.92. The summed E-state index contributed by atoms with van der Waals surface area (Å²) < 4.78 is 28.4. The van der Waals surface area contributed by atoms with Crippen molar-refractivity contribution in [2.24, 2.45) is 5.92 Å². The van der Waals surface area contributed by atoms with Crippen LogP contribution >= 0.6 is 0 Å². The van der Waals surface area contributed by atoms with Crippen LogP contribution in [0.5, 0.6) is 5.75 Å². The Bertz CT molecular complexity index is 510. The average molecular weight is 283 g/mol. The molecule has 106 valence electrons. The van der Waals surface area contributed by atoms with E-state index in [0.717, 1.165) is 24.3 Å². The van der Waals surface area contributed by atoms with Crippen molar-refractivity contribution in [2.45, 2.75) is 19.4 Å². The molecule has 1 aromatic carbocycles. The lowest BCUT2D eigenvalue weighted by atomic mass is 9.92. The highest BCUT2D eigenvalue weighted by molar-refractivity contribution is 7.91. The highest BCUT2D eigenvalue weighted by Gasteiger charge is 2.33. The van der Waals surface area contributed by atoms with Crippen LogP contribution in [0.4, 0.5) is 0 Å². The van der Waals surface area contributed by atoms with E-state index in [1.807, 2.05) is 31.2 Å². The number of methoxy groups -OCH3 is 1. The number of nitrogens with one attached hydrogen (secondary N) is 1. The summed E-state index contributed by atoms with van der Waals surface area (Å²) in [5.74, 6) is 1.59. The maximum absolute atomic E-state index is 11.6. The summed E-state index contributed by atoms with van der Waals surface area (Å²) in [5.41, 5.74) is 1.13. The molecule has 0 amide bonds. The number of ether oxygens (including phenoxy) is 1. The zero-order valence-electron chi connectivity index (χ0n) is 11.4. The van der Waals surface area contributed by atoms with Gasteiger partial charge in [0, 0.05) is 6.04 Å². The third-order valence-electron chi connectivity index (χ3n) is 3.64. The Morgan fingerprint density at radius 3 is 2.53 bits per heavy atom. The van der Waals surface area contributed by atoms with Gasteiger partial charge in [-0.15, -0.1) is 0 Å². The van der Waals surface area contributed by atoms with Gasteiger partial charge >= 0.3 is 0 Å². The summed E-state index contributed by atoms with van der Waals surface area (Å²) in [6, 6.07) is 7.97. The summed E-state index contributed by atoms with van der Waals surface area (Å²) in [7, 11) is -1.21. The molecule has 1 aliphatic heterocycles. The second-order valence-electron chi connectivity index (χ2n) is 4.97. The Balaban J connectivity index is 2.19. The van der Waals surface area contributed by atoms with Gasteiger partial charge < -0.3 is 10.1 Å². The van der Waals surface area contributed by atoms with Crippen LogP contribution in [0.15, 0.2) is 24.3 Å². The zero-order chi connectivity index (χ0) is 13.9. The van der Waals surface area contributed by atoms with E-state index in [0.29, 0.717) is 5.75 Å². The maximum Gasteiger partial charge on any atom is 0.150 e. The fourth-order valence-corrected chi connectivity index (χ4v) is 4.51. The van der Waals surface area contributed by atoms with Crippen molar-refractivity contribution in [2.75, 3.05) is 25.2 Å². The normalized spacial score (nSPS) is 23.2. The first-order valence-electron chi connectivity index (χ1n) is 6.63. The highest BCUT2D eigenvalue weighted by atomic mass is 32.2.